The Kier molecular flexibility index (Phi) is 5.09. The molecule has 0 saturated carbocycles. The molecule has 17 heavy (non-hydrogen) atoms. The maximum absolute atomic E-state index is 2.34. The van der Waals surface area contributed by atoms with E-state index in [-0.39, 0.29) is 0 Å². The molecule has 0 fully saturated rings. The molecule has 0 aromatic heterocycles. The van der Waals surface area contributed by atoms with Crippen molar-refractivity contribution in [2.24, 2.45) is 0 Å². The zero-order valence-corrected chi connectivity index (χ0v) is 10.4. The van der Waals surface area contributed by atoms with E-state index in [4.69, 9.17) is 0 Å². The van der Waals surface area contributed by atoms with Crippen LogP contribution in [0.1, 0.15) is 43.2 Å². The fourth-order valence-corrected chi connectivity index (χ4v) is 2.20. The maximum atomic E-state index is 2.34. The Morgan fingerprint density at radius 3 is 2.47 bits per heavy atom. The molecule has 0 nitrogen and oxygen atoms in total. The van der Waals surface area contributed by atoms with Gasteiger partial charge in [-0.25, -0.2) is 0 Å². The predicted molar refractivity (Wildman–Crippen MR) is 74.9 cm³/mol. The molecule has 0 heterocycles. The molecule has 0 spiro atoms. The topological polar surface area (TPSA) is 0 Å². The Morgan fingerprint density at radius 2 is 1.53 bits per heavy atom. The van der Waals surface area contributed by atoms with Gasteiger partial charge in [0.25, 0.3) is 0 Å². The SMILES string of the molecule is [CH]1C/C=C/CCC/C=C\CCc2ccccc21. The highest BCUT2D eigenvalue weighted by molar-refractivity contribution is 5.33. The summed E-state index contributed by atoms with van der Waals surface area (Å²) in [4.78, 5) is 0. The van der Waals surface area contributed by atoms with Crippen LogP contribution in [0, 0.1) is 6.42 Å². The zero-order valence-electron chi connectivity index (χ0n) is 10.4. The number of benzene rings is 1. The van der Waals surface area contributed by atoms with Gasteiger partial charge in [-0.05, 0) is 56.1 Å². The number of allylic oxidation sites excluding steroid dienone is 4. The van der Waals surface area contributed by atoms with Crippen LogP contribution in [0.4, 0.5) is 0 Å². The van der Waals surface area contributed by atoms with E-state index in [1.807, 2.05) is 0 Å². The Hall–Kier alpha value is -1.30. The molecule has 1 aliphatic carbocycles. The summed E-state index contributed by atoms with van der Waals surface area (Å²) in [7, 11) is 0. The summed E-state index contributed by atoms with van der Waals surface area (Å²) in [5.41, 5.74) is 2.88. The first-order chi connectivity index (χ1) is 8.47. The summed E-state index contributed by atoms with van der Waals surface area (Å²) in [6, 6.07) is 8.76. The summed E-state index contributed by atoms with van der Waals surface area (Å²) in [6.07, 6.45) is 18.7. The van der Waals surface area contributed by atoms with Crippen LogP contribution >= 0.6 is 0 Å². The van der Waals surface area contributed by atoms with Gasteiger partial charge in [0.2, 0.25) is 0 Å². The molecule has 0 aliphatic heterocycles. The van der Waals surface area contributed by atoms with Crippen LogP contribution in [0.15, 0.2) is 48.6 Å². The van der Waals surface area contributed by atoms with Crippen LogP contribution in [-0.4, -0.2) is 0 Å². The summed E-state index contributed by atoms with van der Waals surface area (Å²) >= 11 is 0. The Labute approximate surface area is 105 Å². The highest BCUT2D eigenvalue weighted by Crippen LogP contribution is 2.16. The van der Waals surface area contributed by atoms with Gasteiger partial charge in [-0.3, -0.25) is 0 Å². The van der Waals surface area contributed by atoms with Gasteiger partial charge in [-0.1, -0.05) is 48.6 Å². The van der Waals surface area contributed by atoms with Gasteiger partial charge < -0.3 is 0 Å². The first-order valence-corrected chi connectivity index (χ1v) is 6.68. The van der Waals surface area contributed by atoms with Crippen LogP contribution < -0.4 is 0 Å². The van der Waals surface area contributed by atoms with Crippen LogP contribution in [0.5, 0.6) is 0 Å². The third kappa shape index (κ3) is 4.22. The molecule has 1 aromatic carbocycles. The Bertz CT molecular complexity index is 348. The summed E-state index contributed by atoms with van der Waals surface area (Å²) in [5.74, 6) is 0. The highest BCUT2D eigenvalue weighted by atomic mass is 14.1. The van der Waals surface area contributed by atoms with Crippen molar-refractivity contribution in [1.82, 2.24) is 0 Å². The highest BCUT2D eigenvalue weighted by Gasteiger charge is 2.00. The lowest BCUT2D eigenvalue weighted by molar-refractivity contribution is 0.860. The van der Waals surface area contributed by atoms with E-state index in [2.05, 4.69) is 55.0 Å². The van der Waals surface area contributed by atoms with Gasteiger partial charge in [0.05, 0.1) is 0 Å². The van der Waals surface area contributed by atoms with Crippen molar-refractivity contribution in [3.63, 3.8) is 0 Å². The van der Waals surface area contributed by atoms with Crippen molar-refractivity contribution in [3.8, 4) is 0 Å². The molecule has 0 unspecified atom stereocenters. The van der Waals surface area contributed by atoms with E-state index >= 15 is 0 Å². The van der Waals surface area contributed by atoms with Gasteiger partial charge in [0.15, 0.2) is 0 Å². The first kappa shape index (κ1) is 12.2. The fraction of sp³-hybridized carbons (Fsp3) is 0.353. The Morgan fingerprint density at radius 1 is 0.765 bits per heavy atom. The number of rotatable bonds is 0. The lowest BCUT2D eigenvalue weighted by Gasteiger charge is -2.06. The number of aryl methyl sites for hydroxylation is 1. The molecule has 0 saturated heterocycles. The third-order valence-electron chi connectivity index (χ3n) is 3.18. The van der Waals surface area contributed by atoms with E-state index in [1.54, 1.807) is 0 Å². The van der Waals surface area contributed by atoms with Crippen molar-refractivity contribution in [2.75, 3.05) is 0 Å². The van der Waals surface area contributed by atoms with Crippen LogP contribution in [0.3, 0.4) is 0 Å². The fourth-order valence-electron chi connectivity index (χ4n) is 2.20. The number of fused-ring (bicyclic) bond motifs is 1. The summed E-state index contributed by atoms with van der Waals surface area (Å²) < 4.78 is 0. The van der Waals surface area contributed by atoms with Crippen molar-refractivity contribution in [2.45, 2.75) is 38.5 Å². The molecule has 1 aromatic rings. The van der Waals surface area contributed by atoms with Gasteiger partial charge in [-0.2, -0.15) is 0 Å². The lowest BCUT2D eigenvalue weighted by atomic mass is 9.99. The molecule has 89 valence electrons. The van der Waals surface area contributed by atoms with E-state index in [0.717, 1.165) is 19.3 Å². The monoisotopic (exact) mass is 225 g/mol. The molecular formula is C17H21. The second-order valence-corrected chi connectivity index (χ2v) is 4.55. The van der Waals surface area contributed by atoms with Crippen molar-refractivity contribution >= 4 is 0 Å². The minimum absolute atomic E-state index is 1.06. The second-order valence-electron chi connectivity index (χ2n) is 4.55. The smallest absolute Gasteiger partial charge is 0.00527 e. The molecule has 0 bridgehead atoms. The van der Waals surface area contributed by atoms with E-state index < -0.39 is 0 Å². The quantitative estimate of drug-likeness (QED) is 0.553. The second kappa shape index (κ2) is 7.11. The van der Waals surface area contributed by atoms with Crippen LogP contribution in [0.25, 0.3) is 0 Å². The van der Waals surface area contributed by atoms with Crippen molar-refractivity contribution < 1.29 is 0 Å². The molecule has 0 amide bonds. The number of hydrogen-bond donors (Lipinski definition) is 0. The van der Waals surface area contributed by atoms with E-state index in [0.29, 0.717) is 0 Å². The predicted octanol–water partition coefficient (Wildman–Crippen LogP) is 4.86. The van der Waals surface area contributed by atoms with Gasteiger partial charge >= 0.3 is 0 Å². The maximum Gasteiger partial charge on any atom is -0.00527 e. The number of hydrogen-bond acceptors (Lipinski definition) is 0. The van der Waals surface area contributed by atoms with E-state index in [1.165, 1.54) is 30.4 Å². The first-order valence-electron chi connectivity index (χ1n) is 6.68. The molecular weight excluding hydrogens is 204 g/mol. The molecule has 0 heteroatoms. The zero-order chi connectivity index (χ0) is 11.8. The normalized spacial score (nSPS) is 21.4. The Balaban J connectivity index is 2.07. The van der Waals surface area contributed by atoms with Crippen molar-refractivity contribution in [3.05, 3.63) is 66.1 Å². The van der Waals surface area contributed by atoms with Crippen LogP contribution in [0.2, 0.25) is 0 Å². The van der Waals surface area contributed by atoms with Gasteiger partial charge in [-0.15, -0.1) is 0 Å². The average Bonchev–Trinajstić information content (AvgIpc) is 2.38. The van der Waals surface area contributed by atoms with Crippen LogP contribution in [-0.2, 0) is 6.42 Å². The third-order valence-corrected chi connectivity index (χ3v) is 3.18. The molecule has 0 atom stereocenters. The average molecular weight is 225 g/mol. The largest absolute Gasteiger partial charge is 0.0885 e. The van der Waals surface area contributed by atoms with E-state index in [9.17, 15) is 0 Å². The molecule has 1 radical (unpaired) electrons. The molecule has 0 N–H and O–H groups in total. The molecule has 2 rings (SSSR count). The molecule has 1 aliphatic rings. The summed E-state index contributed by atoms with van der Waals surface area (Å²) in [6.45, 7) is 0. The minimum atomic E-state index is 1.06. The van der Waals surface area contributed by atoms with Gasteiger partial charge in [0, 0.05) is 0 Å². The van der Waals surface area contributed by atoms with Gasteiger partial charge in [0.1, 0.15) is 0 Å². The standard InChI is InChI=1S/C17H21/c1-2-4-6-8-12-16-14-10-11-15-17(16)13-9-7-5-3-1/h4-7,10-12,14-15H,1-3,8-9,13H2/b6-4+,7-5-. The van der Waals surface area contributed by atoms with Crippen molar-refractivity contribution in [1.29, 1.82) is 0 Å². The lowest BCUT2D eigenvalue weighted by Crippen LogP contribution is -1.91. The minimum Gasteiger partial charge on any atom is -0.0885 e. The summed E-state index contributed by atoms with van der Waals surface area (Å²) in [5, 5.41) is 0.